The smallest absolute Gasteiger partial charge is 0.117 e. The lowest BCUT2D eigenvalue weighted by molar-refractivity contribution is 0.475. The van der Waals surface area contributed by atoms with E-state index >= 15 is 0 Å². The summed E-state index contributed by atoms with van der Waals surface area (Å²) in [5.41, 5.74) is 2.56. The van der Waals surface area contributed by atoms with Crippen molar-refractivity contribution in [2.75, 3.05) is 18.0 Å². The van der Waals surface area contributed by atoms with Crippen LogP contribution in [0.2, 0.25) is 0 Å². The number of anilines is 1. The second-order valence-corrected chi connectivity index (χ2v) is 3.14. The number of nitrogens with zero attached hydrogens (tertiary/aromatic N) is 1. The van der Waals surface area contributed by atoms with Gasteiger partial charge in [-0.05, 0) is 25.0 Å². The molecule has 1 aliphatic heterocycles. The highest BCUT2D eigenvalue weighted by Gasteiger charge is 2.17. The van der Waals surface area contributed by atoms with Crippen molar-refractivity contribution in [2.45, 2.75) is 13.3 Å². The Labute approximate surface area is 72.4 Å². The Bertz CT molecular complexity index is 296. The van der Waals surface area contributed by atoms with E-state index in [9.17, 15) is 5.11 Å². The topological polar surface area (TPSA) is 23.5 Å². The average molecular weight is 163 g/mol. The van der Waals surface area contributed by atoms with E-state index in [1.165, 1.54) is 11.3 Å². The van der Waals surface area contributed by atoms with E-state index in [1.54, 1.807) is 6.07 Å². The Morgan fingerprint density at radius 1 is 1.50 bits per heavy atom. The first-order valence-electron chi connectivity index (χ1n) is 4.38. The number of fused-ring (bicyclic) bond motifs is 1. The number of rotatable bonds is 1. The lowest BCUT2D eigenvalue weighted by atomic mass is 10.1. The van der Waals surface area contributed by atoms with Crippen molar-refractivity contribution in [2.24, 2.45) is 0 Å². The van der Waals surface area contributed by atoms with Gasteiger partial charge in [-0.3, -0.25) is 0 Å². The van der Waals surface area contributed by atoms with Gasteiger partial charge < -0.3 is 10.0 Å². The number of phenols is 1. The van der Waals surface area contributed by atoms with Gasteiger partial charge in [0.25, 0.3) is 0 Å². The summed E-state index contributed by atoms with van der Waals surface area (Å²) in [7, 11) is 0. The van der Waals surface area contributed by atoms with Crippen LogP contribution < -0.4 is 4.90 Å². The molecule has 1 aromatic rings. The summed E-state index contributed by atoms with van der Waals surface area (Å²) in [6, 6.07) is 5.63. The molecular weight excluding hydrogens is 150 g/mol. The predicted octanol–water partition coefficient (Wildman–Crippen LogP) is 1.77. The summed E-state index contributed by atoms with van der Waals surface area (Å²) in [6.45, 7) is 4.25. The van der Waals surface area contributed by atoms with Crippen molar-refractivity contribution in [3.05, 3.63) is 23.8 Å². The summed E-state index contributed by atoms with van der Waals surface area (Å²) < 4.78 is 0. The van der Waals surface area contributed by atoms with Crippen molar-refractivity contribution in [1.29, 1.82) is 0 Å². The van der Waals surface area contributed by atoms with Crippen molar-refractivity contribution in [3.8, 4) is 5.75 Å². The zero-order chi connectivity index (χ0) is 8.55. The Balaban J connectivity index is 2.42. The highest BCUT2D eigenvalue weighted by Crippen LogP contribution is 2.30. The van der Waals surface area contributed by atoms with E-state index in [1.807, 2.05) is 12.1 Å². The van der Waals surface area contributed by atoms with Gasteiger partial charge in [0, 0.05) is 24.8 Å². The first kappa shape index (κ1) is 7.47. The number of hydrogen-bond donors (Lipinski definition) is 1. The molecule has 0 radical (unpaired) electrons. The van der Waals surface area contributed by atoms with Crippen LogP contribution in [0.25, 0.3) is 0 Å². The highest BCUT2D eigenvalue weighted by molar-refractivity contribution is 5.60. The number of phenolic OH excluding ortho intramolecular Hbond substituents is 1. The normalized spacial score (nSPS) is 14.9. The third-order valence-corrected chi connectivity index (χ3v) is 2.44. The lowest BCUT2D eigenvalue weighted by Gasteiger charge is -2.16. The Morgan fingerprint density at radius 2 is 2.33 bits per heavy atom. The fourth-order valence-corrected chi connectivity index (χ4v) is 1.76. The van der Waals surface area contributed by atoms with Gasteiger partial charge in [0.05, 0.1) is 0 Å². The molecule has 0 saturated heterocycles. The number of aromatic hydroxyl groups is 1. The maximum absolute atomic E-state index is 9.28. The Morgan fingerprint density at radius 3 is 3.08 bits per heavy atom. The maximum Gasteiger partial charge on any atom is 0.117 e. The second-order valence-electron chi connectivity index (χ2n) is 3.14. The quantitative estimate of drug-likeness (QED) is 0.682. The zero-order valence-electron chi connectivity index (χ0n) is 7.25. The Kier molecular flexibility index (Phi) is 1.68. The van der Waals surface area contributed by atoms with E-state index < -0.39 is 0 Å². The number of likely N-dealkylation sites (N-methyl/N-ethyl adjacent to an activating group) is 1. The third kappa shape index (κ3) is 1.04. The molecule has 0 amide bonds. The third-order valence-electron chi connectivity index (χ3n) is 2.44. The monoisotopic (exact) mass is 163 g/mol. The summed E-state index contributed by atoms with van der Waals surface area (Å²) in [6.07, 6.45) is 1.11. The molecule has 0 bridgehead atoms. The minimum atomic E-state index is 0.370. The molecule has 2 heteroatoms. The fourth-order valence-electron chi connectivity index (χ4n) is 1.76. The van der Waals surface area contributed by atoms with Gasteiger partial charge in [0.15, 0.2) is 0 Å². The van der Waals surface area contributed by atoms with Crippen LogP contribution in [0.3, 0.4) is 0 Å². The van der Waals surface area contributed by atoms with Gasteiger partial charge >= 0.3 is 0 Å². The van der Waals surface area contributed by atoms with Crippen molar-refractivity contribution >= 4 is 5.69 Å². The molecule has 2 rings (SSSR count). The van der Waals surface area contributed by atoms with E-state index in [0.717, 1.165) is 19.5 Å². The Hall–Kier alpha value is -1.18. The van der Waals surface area contributed by atoms with Gasteiger partial charge in [-0.2, -0.15) is 0 Å². The fraction of sp³-hybridized carbons (Fsp3) is 0.400. The van der Waals surface area contributed by atoms with E-state index in [2.05, 4.69) is 11.8 Å². The van der Waals surface area contributed by atoms with Gasteiger partial charge in [0.2, 0.25) is 0 Å². The van der Waals surface area contributed by atoms with Crippen LogP contribution in [0.1, 0.15) is 12.5 Å². The molecule has 64 valence electrons. The standard InChI is InChI=1S/C10H13NO/c1-2-11-6-5-8-3-4-9(12)7-10(8)11/h3-4,7,12H,2,5-6H2,1H3. The minimum absolute atomic E-state index is 0.370. The molecule has 1 aliphatic rings. The minimum Gasteiger partial charge on any atom is -0.508 e. The molecule has 1 aromatic carbocycles. The second kappa shape index (κ2) is 2.70. The van der Waals surface area contributed by atoms with Crippen molar-refractivity contribution in [3.63, 3.8) is 0 Å². The molecule has 0 unspecified atom stereocenters. The van der Waals surface area contributed by atoms with Crippen molar-refractivity contribution in [1.82, 2.24) is 0 Å². The molecule has 0 fully saturated rings. The largest absolute Gasteiger partial charge is 0.508 e. The van der Waals surface area contributed by atoms with Crippen LogP contribution in [-0.2, 0) is 6.42 Å². The van der Waals surface area contributed by atoms with Crippen LogP contribution in [0.4, 0.5) is 5.69 Å². The average Bonchev–Trinajstić information content (AvgIpc) is 2.46. The summed E-state index contributed by atoms with van der Waals surface area (Å²) in [5.74, 6) is 0.370. The van der Waals surface area contributed by atoms with Crippen LogP contribution in [0, 0.1) is 0 Å². The summed E-state index contributed by atoms with van der Waals surface area (Å²) in [5, 5.41) is 9.28. The SMILES string of the molecule is CCN1CCc2ccc(O)cc21. The lowest BCUT2D eigenvalue weighted by Crippen LogP contribution is -2.18. The first-order chi connectivity index (χ1) is 5.81. The molecule has 0 spiro atoms. The molecule has 0 aliphatic carbocycles. The van der Waals surface area contributed by atoms with Crippen molar-refractivity contribution < 1.29 is 5.11 Å². The first-order valence-corrected chi connectivity index (χ1v) is 4.38. The summed E-state index contributed by atoms with van der Waals surface area (Å²) in [4.78, 5) is 2.29. The molecule has 0 saturated carbocycles. The van der Waals surface area contributed by atoms with Gasteiger partial charge in [-0.15, -0.1) is 0 Å². The van der Waals surface area contributed by atoms with E-state index in [-0.39, 0.29) is 0 Å². The maximum atomic E-state index is 9.28. The molecular formula is C10H13NO. The molecule has 2 nitrogen and oxygen atoms in total. The van der Waals surface area contributed by atoms with E-state index in [4.69, 9.17) is 0 Å². The van der Waals surface area contributed by atoms with Crippen LogP contribution in [-0.4, -0.2) is 18.2 Å². The molecule has 12 heavy (non-hydrogen) atoms. The zero-order valence-corrected chi connectivity index (χ0v) is 7.25. The molecule has 1 heterocycles. The summed E-state index contributed by atoms with van der Waals surface area (Å²) >= 11 is 0. The molecule has 1 N–H and O–H groups in total. The molecule has 0 atom stereocenters. The van der Waals surface area contributed by atoms with E-state index in [0.29, 0.717) is 5.75 Å². The number of hydrogen-bond acceptors (Lipinski definition) is 2. The predicted molar refractivity (Wildman–Crippen MR) is 49.7 cm³/mol. The van der Waals surface area contributed by atoms with Gasteiger partial charge in [-0.1, -0.05) is 6.07 Å². The van der Waals surface area contributed by atoms with Gasteiger partial charge in [-0.25, -0.2) is 0 Å². The van der Waals surface area contributed by atoms with Gasteiger partial charge in [0.1, 0.15) is 5.75 Å². The van der Waals surface area contributed by atoms with Crippen LogP contribution in [0.15, 0.2) is 18.2 Å². The van der Waals surface area contributed by atoms with Crippen LogP contribution in [0.5, 0.6) is 5.75 Å². The van der Waals surface area contributed by atoms with Crippen LogP contribution >= 0.6 is 0 Å². The highest BCUT2D eigenvalue weighted by atomic mass is 16.3. The molecule has 0 aromatic heterocycles. The number of benzene rings is 1.